The first-order valence-corrected chi connectivity index (χ1v) is 10.8. The van der Waals surface area contributed by atoms with Crippen molar-refractivity contribution in [3.05, 3.63) is 76.5 Å². The monoisotopic (exact) mass is 468 g/mol. The van der Waals surface area contributed by atoms with Gasteiger partial charge >= 0.3 is 0 Å². The number of anilines is 1. The summed E-state index contributed by atoms with van der Waals surface area (Å²) >= 11 is 3.41. The SMILES string of the molecule is CC1CN(Cc2ccc(C(=O)Nc3ccccc3-n3cc(Br)cn3)cc2)CC(C)O1. The Hall–Kier alpha value is -2.48. The normalized spacial score (nSPS) is 19.6. The predicted octanol–water partition coefficient (Wildman–Crippen LogP) is 4.50. The van der Waals surface area contributed by atoms with E-state index >= 15 is 0 Å². The van der Waals surface area contributed by atoms with Crippen molar-refractivity contribution >= 4 is 27.5 Å². The lowest BCUT2D eigenvalue weighted by molar-refractivity contribution is -0.0704. The Kier molecular flexibility index (Phi) is 6.32. The average Bonchev–Trinajstić information content (AvgIpc) is 3.14. The van der Waals surface area contributed by atoms with E-state index in [9.17, 15) is 4.79 Å². The number of nitrogens with one attached hydrogen (secondary N) is 1. The van der Waals surface area contributed by atoms with E-state index in [2.05, 4.69) is 45.1 Å². The van der Waals surface area contributed by atoms with Crippen molar-refractivity contribution in [2.45, 2.75) is 32.6 Å². The number of aromatic nitrogens is 2. The molecule has 0 aliphatic carbocycles. The van der Waals surface area contributed by atoms with Crippen molar-refractivity contribution in [1.29, 1.82) is 0 Å². The van der Waals surface area contributed by atoms with Crippen LogP contribution >= 0.6 is 15.9 Å². The van der Waals surface area contributed by atoms with Gasteiger partial charge in [-0.05, 0) is 59.6 Å². The van der Waals surface area contributed by atoms with Crippen molar-refractivity contribution in [2.75, 3.05) is 18.4 Å². The van der Waals surface area contributed by atoms with E-state index < -0.39 is 0 Å². The minimum Gasteiger partial charge on any atom is -0.373 e. The molecule has 4 rings (SSSR count). The van der Waals surface area contributed by atoms with E-state index in [0.717, 1.165) is 29.8 Å². The molecule has 1 amide bonds. The molecule has 3 aromatic rings. The maximum Gasteiger partial charge on any atom is 0.255 e. The fourth-order valence-electron chi connectivity index (χ4n) is 3.84. The quantitative estimate of drug-likeness (QED) is 0.598. The van der Waals surface area contributed by atoms with Crippen molar-refractivity contribution in [1.82, 2.24) is 14.7 Å². The third kappa shape index (κ3) is 4.98. The highest BCUT2D eigenvalue weighted by Crippen LogP contribution is 2.22. The molecule has 2 aromatic carbocycles. The highest BCUT2D eigenvalue weighted by Gasteiger charge is 2.22. The number of hydrogen-bond acceptors (Lipinski definition) is 4. The Balaban J connectivity index is 1.44. The zero-order chi connectivity index (χ0) is 21.1. The van der Waals surface area contributed by atoms with Gasteiger partial charge in [0.2, 0.25) is 0 Å². The van der Waals surface area contributed by atoms with Gasteiger partial charge in [-0.1, -0.05) is 24.3 Å². The first kappa shape index (κ1) is 20.8. The van der Waals surface area contributed by atoms with Gasteiger partial charge < -0.3 is 10.1 Å². The highest BCUT2D eigenvalue weighted by atomic mass is 79.9. The van der Waals surface area contributed by atoms with Gasteiger partial charge in [0.1, 0.15) is 0 Å². The summed E-state index contributed by atoms with van der Waals surface area (Å²) in [5.41, 5.74) is 3.33. The predicted molar refractivity (Wildman–Crippen MR) is 121 cm³/mol. The molecule has 1 aliphatic rings. The molecule has 7 heteroatoms. The van der Waals surface area contributed by atoms with E-state index in [4.69, 9.17) is 4.74 Å². The molecule has 30 heavy (non-hydrogen) atoms. The smallest absolute Gasteiger partial charge is 0.255 e. The molecular formula is C23H25BrN4O2. The molecule has 2 atom stereocenters. The largest absolute Gasteiger partial charge is 0.373 e. The second kappa shape index (κ2) is 9.12. The van der Waals surface area contributed by atoms with Crippen LogP contribution in [0.3, 0.4) is 0 Å². The second-order valence-electron chi connectivity index (χ2n) is 7.72. The van der Waals surface area contributed by atoms with Gasteiger partial charge in [-0.3, -0.25) is 9.69 Å². The Morgan fingerprint density at radius 3 is 2.50 bits per heavy atom. The van der Waals surface area contributed by atoms with Gasteiger partial charge in [0.25, 0.3) is 5.91 Å². The summed E-state index contributed by atoms with van der Waals surface area (Å²) in [5.74, 6) is -0.145. The first-order valence-electron chi connectivity index (χ1n) is 10.1. The number of hydrogen-bond donors (Lipinski definition) is 1. The number of morpholine rings is 1. The maximum absolute atomic E-state index is 12.8. The van der Waals surface area contributed by atoms with Crippen LogP contribution in [-0.2, 0) is 11.3 Å². The Bertz CT molecular complexity index is 1010. The number of nitrogens with zero attached hydrogens (tertiary/aromatic N) is 3. The molecular weight excluding hydrogens is 444 g/mol. The lowest BCUT2D eigenvalue weighted by Crippen LogP contribution is -2.44. The van der Waals surface area contributed by atoms with Gasteiger partial charge in [-0.15, -0.1) is 0 Å². The molecule has 6 nitrogen and oxygen atoms in total. The second-order valence-corrected chi connectivity index (χ2v) is 8.64. The van der Waals surface area contributed by atoms with E-state index in [1.54, 1.807) is 10.9 Å². The van der Waals surface area contributed by atoms with E-state index in [1.165, 1.54) is 5.56 Å². The number of carbonyl (C=O) groups excluding carboxylic acids is 1. The van der Waals surface area contributed by atoms with Crippen molar-refractivity contribution in [3.63, 3.8) is 0 Å². The summed E-state index contributed by atoms with van der Waals surface area (Å²) in [6.07, 6.45) is 4.06. The first-order chi connectivity index (χ1) is 14.5. The van der Waals surface area contributed by atoms with Crippen molar-refractivity contribution in [3.8, 4) is 5.69 Å². The number of para-hydroxylation sites is 2. The Morgan fingerprint density at radius 2 is 1.83 bits per heavy atom. The van der Waals surface area contributed by atoms with Crippen LogP contribution in [0.25, 0.3) is 5.69 Å². The average molecular weight is 469 g/mol. The maximum atomic E-state index is 12.8. The van der Waals surface area contributed by atoms with Gasteiger partial charge in [0.15, 0.2) is 0 Å². The molecule has 0 bridgehead atoms. The van der Waals surface area contributed by atoms with Gasteiger partial charge in [0, 0.05) is 31.4 Å². The van der Waals surface area contributed by atoms with Crippen LogP contribution in [0.2, 0.25) is 0 Å². The van der Waals surface area contributed by atoms with Gasteiger partial charge in [0.05, 0.1) is 34.3 Å². The van der Waals surface area contributed by atoms with E-state index in [0.29, 0.717) is 11.3 Å². The summed E-state index contributed by atoms with van der Waals surface area (Å²) in [5, 5.41) is 7.31. The van der Waals surface area contributed by atoms with Crippen molar-refractivity contribution in [2.24, 2.45) is 0 Å². The lowest BCUT2D eigenvalue weighted by Gasteiger charge is -2.35. The summed E-state index contributed by atoms with van der Waals surface area (Å²) in [7, 11) is 0. The van der Waals surface area contributed by atoms with Crippen LogP contribution in [0.5, 0.6) is 0 Å². The standard InChI is InChI=1S/C23H25BrN4O2/c1-16-12-27(13-17(2)30-16)14-18-7-9-19(10-8-18)23(29)26-21-5-3-4-6-22(21)28-15-20(24)11-25-28/h3-11,15-17H,12-14H2,1-2H3,(H,26,29). The molecule has 1 saturated heterocycles. The van der Waals surface area contributed by atoms with E-state index in [1.807, 2.05) is 54.7 Å². The number of halogens is 1. The fourth-order valence-corrected chi connectivity index (χ4v) is 4.12. The Labute approximate surface area is 185 Å². The third-order valence-corrected chi connectivity index (χ3v) is 5.48. The minimum atomic E-state index is -0.145. The number of rotatable bonds is 5. The topological polar surface area (TPSA) is 59.4 Å². The summed E-state index contributed by atoms with van der Waals surface area (Å²) < 4.78 is 8.41. The zero-order valence-corrected chi connectivity index (χ0v) is 18.7. The molecule has 2 heterocycles. The van der Waals surface area contributed by atoms with E-state index in [-0.39, 0.29) is 18.1 Å². The van der Waals surface area contributed by atoms with Crippen LogP contribution in [0.15, 0.2) is 65.4 Å². The van der Waals surface area contributed by atoms with Crippen LogP contribution in [0, 0.1) is 0 Å². The van der Waals surface area contributed by atoms with Crippen LogP contribution < -0.4 is 5.32 Å². The molecule has 1 aliphatic heterocycles. The summed E-state index contributed by atoms with van der Waals surface area (Å²) in [6, 6.07) is 15.4. The van der Waals surface area contributed by atoms with Crippen LogP contribution in [0.4, 0.5) is 5.69 Å². The molecule has 156 valence electrons. The van der Waals surface area contributed by atoms with Crippen LogP contribution in [0.1, 0.15) is 29.8 Å². The number of amides is 1. The molecule has 1 N–H and O–H groups in total. The van der Waals surface area contributed by atoms with Gasteiger partial charge in [-0.25, -0.2) is 4.68 Å². The molecule has 1 aromatic heterocycles. The minimum absolute atomic E-state index is 0.145. The molecule has 0 radical (unpaired) electrons. The summed E-state index contributed by atoms with van der Waals surface area (Å²) in [6.45, 7) is 6.92. The summed E-state index contributed by atoms with van der Waals surface area (Å²) in [4.78, 5) is 15.2. The van der Waals surface area contributed by atoms with Crippen molar-refractivity contribution < 1.29 is 9.53 Å². The van der Waals surface area contributed by atoms with Gasteiger partial charge in [-0.2, -0.15) is 5.10 Å². The third-order valence-electron chi connectivity index (χ3n) is 5.07. The van der Waals surface area contributed by atoms with Crippen LogP contribution in [-0.4, -0.2) is 45.9 Å². The molecule has 2 unspecified atom stereocenters. The number of ether oxygens (including phenoxy) is 1. The number of benzene rings is 2. The fraction of sp³-hybridized carbons (Fsp3) is 0.304. The number of carbonyl (C=O) groups is 1. The zero-order valence-electron chi connectivity index (χ0n) is 17.1. The molecule has 0 spiro atoms. The molecule has 0 saturated carbocycles. The molecule has 1 fully saturated rings. The highest BCUT2D eigenvalue weighted by molar-refractivity contribution is 9.10. The Morgan fingerprint density at radius 1 is 1.13 bits per heavy atom. The lowest BCUT2D eigenvalue weighted by atomic mass is 10.1.